The number of carbonyl (C=O) groups excluding carboxylic acids is 2. The van der Waals surface area contributed by atoms with Gasteiger partial charge < -0.3 is 10.1 Å². The molecule has 0 bridgehead atoms. The number of rotatable bonds is 9. The second-order valence-electron chi connectivity index (χ2n) is 6.07. The van der Waals surface area contributed by atoms with E-state index in [4.69, 9.17) is 4.74 Å². The molecular formula is C21H25N3O3. The van der Waals surface area contributed by atoms with Crippen LogP contribution in [0.15, 0.2) is 53.6 Å². The number of amides is 2. The zero-order valence-corrected chi connectivity index (χ0v) is 15.7. The van der Waals surface area contributed by atoms with E-state index in [0.717, 1.165) is 24.0 Å². The second kappa shape index (κ2) is 10.8. The Morgan fingerprint density at radius 1 is 1.07 bits per heavy atom. The Hall–Kier alpha value is -3.15. The van der Waals surface area contributed by atoms with Gasteiger partial charge in [0.25, 0.3) is 0 Å². The van der Waals surface area contributed by atoms with Crippen molar-refractivity contribution in [1.82, 2.24) is 5.43 Å². The molecule has 0 unspecified atom stereocenters. The molecule has 2 N–H and O–H groups in total. The van der Waals surface area contributed by atoms with Crippen LogP contribution >= 0.6 is 0 Å². The summed E-state index contributed by atoms with van der Waals surface area (Å²) in [6, 6.07) is 14.8. The molecule has 0 heterocycles. The van der Waals surface area contributed by atoms with Gasteiger partial charge in [0.15, 0.2) is 0 Å². The summed E-state index contributed by atoms with van der Waals surface area (Å²) in [7, 11) is 0. The summed E-state index contributed by atoms with van der Waals surface area (Å²) < 4.78 is 5.71. The number of ether oxygens (including phenoxy) is 1. The van der Waals surface area contributed by atoms with Gasteiger partial charge in [-0.3, -0.25) is 9.59 Å². The van der Waals surface area contributed by atoms with Crippen LogP contribution in [-0.2, 0) is 9.59 Å². The lowest BCUT2D eigenvalue weighted by molar-refractivity contribution is -0.126. The Balaban J connectivity index is 1.84. The number of hydrazone groups is 1. The maximum Gasteiger partial charge on any atom is 0.249 e. The molecule has 2 aromatic carbocycles. The lowest BCUT2D eigenvalue weighted by Crippen LogP contribution is -2.24. The van der Waals surface area contributed by atoms with Gasteiger partial charge in [0.05, 0.1) is 12.8 Å². The SMILES string of the molecule is CCCCOc1ccccc1C=NNC(=O)CC(=O)Nc1ccccc1C. The molecule has 0 radical (unpaired) electrons. The Morgan fingerprint density at radius 3 is 2.59 bits per heavy atom. The zero-order chi connectivity index (χ0) is 19.5. The molecule has 0 spiro atoms. The fourth-order valence-electron chi connectivity index (χ4n) is 2.31. The van der Waals surface area contributed by atoms with Gasteiger partial charge in [0.1, 0.15) is 12.2 Å². The lowest BCUT2D eigenvalue weighted by atomic mass is 10.2. The van der Waals surface area contributed by atoms with Crippen LogP contribution in [-0.4, -0.2) is 24.6 Å². The number of hydrogen-bond acceptors (Lipinski definition) is 4. The Morgan fingerprint density at radius 2 is 1.81 bits per heavy atom. The number of benzene rings is 2. The number of aryl methyl sites for hydroxylation is 1. The van der Waals surface area contributed by atoms with Crippen molar-refractivity contribution in [2.24, 2.45) is 5.10 Å². The van der Waals surface area contributed by atoms with Crippen molar-refractivity contribution < 1.29 is 14.3 Å². The van der Waals surface area contributed by atoms with Gasteiger partial charge >= 0.3 is 0 Å². The average molecular weight is 367 g/mol. The Kier molecular flexibility index (Phi) is 8.03. The summed E-state index contributed by atoms with van der Waals surface area (Å²) in [6.07, 6.45) is 3.23. The summed E-state index contributed by atoms with van der Waals surface area (Å²) >= 11 is 0. The highest BCUT2D eigenvalue weighted by atomic mass is 16.5. The van der Waals surface area contributed by atoms with Gasteiger partial charge in [-0.25, -0.2) is 5.43 Å². The maximum absolute atomic E-state index is 12.0. The zero-order valence-electron chi connectivity index (χ0n) is 15.7. The van der Waals surface area contributed by atoms with Crippen molar-refractivity contribution in [3.63, 3.8) is 0 Å². The van der Waals surface area contributed by atoms with E-state index >= 15 is 0 Å². The van der Waals surface area contributed by atoms with E-state index in [-0.39, 0.29) is 12.3 Å². The molecule has 0 saturated heterocycles. The Labute approximate surface area is 159 Å². The van der Waals surface area contributed by atoms with Gasteiger partial charge in [0.2, 0.25) is 11.8 Å². The van der Waals surface area contributed by atoms with Crippen molar-refractivity contribution in [3.05, 3.63) is 59.7 Å². The van der Waals surface area contributed by atoms with Crippen LogP contribution in [0.3, 0.4) is 0 Å². The van der Waals surface area contributed by atoms with Crippen molar-refractivity contribution in [1.29, 1.82) is 0 Å². The first kappa shape index (κ1) is 20.2. The summed E-state index contributed by atoms with van der Waals surface area (Å²) in [6.45, 7) is 4.62. The van der Waals surface area contributed by atoms with Crippen LogP contribution in [0.2, 0.25) is 0 Å². The molecule has 0 aliphatic heterocycles. The van der Waals surface area contributed by atoms with E-state index in [9.17, 15) is 9.59 Å². The number of para-hydroxylation sites is 2. The predicted molar refractivity (Wildman–Crippen MR) is 107 cm³/mol. The number of unbranched alkanes of at least 4 members (excludes halogenated alkanes) is 1. The number of nitrogens with zero attached hydrogens (tertiary/aromatic N) is 1. The molecule has 0 fully saturated rings. The van der Waals surface area contributed by atoms with Gasteiger partial charge in [0, 0.05) is 11.3 Å². The number of carbonyl (C=O) groups is 2. The van der Waals surface area contributed by atoms with Crippen LogP contribution in [0.25, 0.3) is 0 Å². The molecule has 0 saturated carbocycles. The minimum Gasteiger partial charge on any atom is -0.493 e. The van der Waals surface area contributed by atoms with E-state index in [1.54, 1.807) is 6.07 Å². The second-order valence-corrected chi connectivity index (χ2v) is 6.07. The van der Waals surface area contributed by atoms with Gasteiger partial charge in [-0.15, -0.1) is 0 Å². The lowest BCUT2D eigenvalue weighted by Gasteiger charge is -2.08. The molecule has 0 aromatic heterocycles. The van der Waals surface area contributed by atoms with E-state index in [1.165, 1.54) is 6.21 Å². The van der Waals surface area contributed by atoms with Crippen LogP contribution in [0.1, 0.15) is 37.3 Å². The summed E-state index contributed by atoms with van der Waals surface area (Å²) in [5, 5.41) is 6.64. The fourth-order valence-corrected chi connectivity index (χ4v) is 2.31. The van der Waals surface area contributed by atoms with E-state index < -0.39 is 5.91 Å². The first-order valence-corrected chi connectivity index (χ1v) is 8.99. The molecule has 2 aromatic rings. The van der Waals surface area contributed by atoms with Crippen LogP contribution in [0.5, 0.6) is 5.75 Å². The highest BCUT2D eigenvalue weighted by Gasteiger charge is 2.10. The minimum absolute atomic E-state index is 0.305. The van der Waals surface area contributed by atoms with E-state index in [1.807, 2.05) is 49.4 Å². The van der Waals surface area contributed by atoms with E-state index in [2.05, 4.69) is 22.8 Å². The Bertz CT molecular complexity index is 803. The summed E-state index contributed by atoms with van der Waals surface area (Å²) in [5.41, 5.74) is 4.76. The van der Waals surface area contributed by atoms with Gasteiger partial charge in [-0.05, 0) is 37.1 Å². The van der Waals surface area contributed by atoms with E-state index in [0.29, 0.717) is 18.0 Å². The molecule has 0 aliphatic carbocycles. The number of anilines is 1. The van der Waals surface area contributed by atoms with Crippen molar-refractivity contribution in [2.45, 2.75) is 33.1 Å². The van der Waals surface area contributed by atoms with Gasteiger partial charge in [-0.2, -0.15) is 5.10 Å². The summed E-state index contributed by atoms with van der Waals surface area (Å²) in [4.78, 5) is 23.9. The number of nitrogens with one attached hydrogen (secondary N) is 2. The maximum atomic E-state index is 12.0. The third-order valence-electron chi connectivity index (χ3n) is 3.81. The topological polar surface area (TPSA) is 79.8 Å². The van der Waals surface area contributed by atoms with Gasteiger partial charge in [-0.1, -0.05) is 43.7 Å². The van der Waals surface area contributed by atoms with Crippen molar-refractivity contribution >= 4 is 23.7 Å². The first-order valence-electron chi connectivity index (χ1n) is 8.99. The minimum atomic E-state index is -0.485. The first-order chi connectivity index (χ1) is 13.1. The molecule has 2 amide bonds. The molecule has 6 nitrogen and oxygen atoms in total. The van der Waals surface area contributed by atoms with Crippen molar-refractivity contribution in [3.8, 4) is 5.75 Å². The quantitative estimate of drug-likeness (QED) is 0.307. The molecule has 2 rings (SSSR count). The summed E-state index contributed by atoms with van der Waals surface area (Å²) in [5.74, 6) is -0.164. The van der Waals surface area contributed by atoms with Crippen LogP contribution < -0.4 is 15.5 Å². The van der Waals surface area contributed by atoms with Crippen LogP contribution in [0.4, 0.5) is 5.69 Å². The smallest absolute Gasteiger partial charge is 0.249 e. The molecule has 0 atom stereocenters. The molecule has 27 heavy (non-hydrogen) atoms. The average Bonchev–Trinajstić information content (AvgIpc) is 2.65. The highest BCUT2D eigenvalue weighted by molar-refractivity contribution is 6.04. The number of hydrogen-bond donors (Lipinski definition) is 2. The molecular weight excluding hydrogens is 342 g/mol. The standard InChI is InChI=1S/C21H25N3O3/c1-3-4-13-27-19-12-8-6-10-17(19)15-22-24-21(26)14-20(25)23-18-11-7-5-9-16(18)2/h5-12,15H,3-4,13-14H2,1-2H3,(H,23,25)(H,24,26). The predicted octanol–water partition coefficient (Wildman–Crippen LogP) is 3.65. The fraction of sp³-hybridized carbons (Fsp3) is 0.286. The van der Waals surface area contributed by atoms with Crippen molar-refractivity contribution in [2.75, 3.05) is 11.9 Å². The molecule has 142 valence electrons. The highest BCUT2D eigenvalue weighted by Crippen LogP contribution is 2.16. The molecule has 6 heteroatoms. The third-order valence-corrected chi connectivity index (χ3v) is 3.81. The normalized spacial score (nSPS) is 10.6. The largest absolute Gasteiger partial charge is 0.493 e. The third kappa shape index (κ3) is 6.93. The molecule has 0 aliphatic rings. The monoisotopic (exact) mass is 367 g/mol. The van der Waals surface area contributed by atoms with Crippen LogP contribution in [0, 0.1) is 6.92 Å².